The first kappa shape index (κ1) is 21.5. The van der Waals surface area contributed by atoms with Crippen molar-refractivity contribution < 1.29 is 31.8 Å². The van der Waals surface area contributed by atoms with E-state index in [0.717, 1.165) is 0 Å². The highest BCUT2D eigenvalue weighted by atomic mass is 32.2. The molecule has 1 atom stereocenters. The van der Waals surface area contributed by atoms with E-state index in [4.69, 9.17) is 14.7 Å². The Morgan fingerprint density at radius 3 is 2.67 bits per heavy atom. The molecule has 4 N–H and O–H groups in total. The van der Waals surface area contributed by atoms with Crippen molar-refractivity contribution in [3.8, 4) is 0 Å². The lowest BCUT2D eigenvalue weighted by Gasteiger charge is -2.15. The molecule has 2 heterocycles. The maximum Gasteiger partial charge on any atom is 0.340 e. The molecular weight excluding hydrogens is 418 g/mol. The summed E-state index contributed by atoms with van der Waals surface area (Å²) in [7, 11) is -4.68. The van der Waals surface area contributed by atoms with Gasteiger partial charge in [-0.1, -0.05) is 0 Å². The fourth-order valence-electron chi connectivity index (χ4n) is 3.27. The topological polar surface area (TPSA) is 177 Å². The minimum Gasteiger partial charge on any atom is -0.422 e. The van der Waals surface area contributed by atoms with Crippen molar-refractivity contribution >= 4 is 44.5 Å². The summed E-state index contributed by atoms with van der Waals surface area (Å²) in [6, 6.07) is 4.83. The van der Waals surface area contributed by atoms with Crippen molar-refractivity contribution in [1.82, 2.24) is 10.2 Å². The van der Waals surface area contributed by atoms with Crippen LogP contribution in [0.15, 0.2) is 27.4 Å². The normalized spacial score (nSPS) is 17.0. The summed E-state index contributed by atoms with van der Waals surface area (Å²) in [5.41, 5.74) is 6.46. The van der Waals surface area contributed by atoms with E-state index in [2.05, 4.69) is 5.32 Å². The third kappa shape index (κ3) is 4.19. The molecule has 1 aromatic heterocycles. The van der Waals surface area contributed by atoms with E-state index in [1.54, 1.807) is 19.1 Å². The molecule has 1 aromatic carbocycles. The fraction of sp³-hybridized carbons (Fsp3) is 0.333. The molecule has 0 radical (unpaired) electrons. The molecule has 1 saturated heterocycles. The summed E-state index contributed by atoms with van der Waals surface area (Å²) >= 11 is 0. The van der Waals surface area contributed by atoms with Gasteiger partial charge in [0.1, 0.15) is 5.58 Å². The lowest BCUT2D eigenvalue weighted by molar-refractivity contribution is -0.138. The number of fused-ring (bicyclic) bond motifs is 1. The van der Waals surface area contributed by atoms with Crippen LogP contribution in [0.5, 0.6) is 0 Å². The van der Waals surface area contributed by atoms with Crippen molar-refractivity contribution in [3.05, 3.63) is 39.7 Å². The Morgan fingerprint density at radius 2 is 2.03 bits per heavy atom. The van der Waals surface area contributed by atoms with Gasteiger partial charge in [-0.2, -0.15) is 8.42 Å². The Hall–Kier alpha value is -3.25. The zero-order valence-corrected chi connectivity index (χ0v) is 16.7. The number of carbonyl (C=O) groups excluding carboxylic acids is 3. The van der Waals surface area contributed by atoms with Crippen LogP contribution in [0.3, 0.4) is 0 Å². The lowest BCUT2D eigenvalue weighted by Crippen LogP contribution is -2.40. The number of nitrogens with two attached hydrogens (primary N) is 1. The number of rotatable bonds is 6. The average Bonchev–Trinajstić information content (AvgIpc) is 2.93. The van der Waals surface area contributed by atoms with Crippen molar-refractivity contribution in [2.45, 2.75) is 25.0 Å². The monoisotopic (exact) mass is 437 g/mol. The number of aryl methyl sites for hydroxylation is 1. The summed E-state index contributed by atoms with van der Waals surface area (Å²) in [6.07, 6.45) is -0.933. The first-order valence-corrected chi connectivity index (χ1v) is 10.4. The number of hydrogen-bond donors (Lipinski definition) is 3. The predicted octanol–water partition coefficient (Wildman–Crippen LogP) is -0.642. The summed E-state index contributed by atoms with van der Waals surface area (Å²) in [5, 5.41) is 1.28. The molecule has 30 heavy (non-hydrogen) atoms. The molecule has 2 aromatic rings. The SMILES string of the molecule is Cc1c(CC(=O)NCCN2C(=O)CC(S(=O)(=O)O)C2=O)c(=O)oc2cc(N)ccc12. The molecule has 3 amide bonds. The Bertz CT molecular complexity index is 1220. The summed E-state index contributed by atoms with van der Waals surface area (Å²) in [5.74, 6) is -2.35. The van der Waals surface area contributed by atoms with Gasteiger partial charge in [0.05, 0.1) is 18.4 Å². The van der Waals surface area contributed by atoms with Gasteiger partial charge in [-0.3, -0.25) is 23.8 Å². The van der Waals surface area contributed by atoms with Gasteiger partial charge < -0.3 is 15.5 Å². The maximum absolute atomic E-state index is 12.2. The van der Waals surface area contributed by atoms with Crippen molar-refractivity contribution in [2.75, 3.05) is 18.8 Å². The highest BCUT2D eigenvalue weighted by molar-refractivity contribution is 7.87. The van der Waals surface area contributed by atoms with E-state index < -0.39 is 45.1 Å². The number of benzene rings is 1. The molecule has 11 nitrogen and oxygen atoms in total. The molecule has 0 spiro atoms. The van der Waals surface area contributed by atoms with E-state index in [-0.39, 0.29) is 25.1 Å². The van der Waals surface area contributed by atoms with Crippen molar-refractivity contribution in [3.63, 3.8) is 0 Å². The van der Waals surface area contributed by atoms with Gasteiger partial charge in [0.15, 0.2) is 5.25 Å². The van der Waals surface area contributed by atoms with Crippen molar-refractivity contribution in [2.24, 2.45) is 0 Å². The van der Waals surface area contributed by atoms with E-state index in [1.807, 2.05) is 0 Å². The summed E-state index contributed by atoms with van der Waals surface area (Å²) in [6.45, 7) is 1.26. The molecule has 1 aliphatic heterocycles. The van der Waals surface area contributed by atoms with Gasteiger partial charge in [0.2, 0.25) is 11.8 Å². The minimum atomic E-state index is -4.68. The molecular formula is C18H19N3O8S. The standard InChI is InChI=1S/C18H19N3O8S/c1-9-11-3-2-10(19)6-13(11)29-18(25)12(9)7-15(22)20-4-5-21-16(23)8-14(17(21)24)30(26,27)28/h2-3,6,14H,4-5,7-8,19H2,1H3,(H,20,22)(H,26,27,28). The number of imide groups is 1. The third-order valence-electron chi connectivity index (χ3n) is 4.87. The molecule has 12 heteroatoms. The lowest BCUT2D eigenvalue weighted by atomic mass is 10.0. The largest absolute Gasteiger partial charge is 0.422 e. The number of nitrogens with one attached hydrogen (secondary N) is 1. The quantitative estimate of drug-likeness (QED) is 0.229. The number of nitrogens with zero attached hydrogens (tertiary/aromatic N) is 1. The van der Waals surface area contributed by atoms with Gasteiger partial charge >= 0.3 is 5.63 Å². The second kappa shape index (κ2) is 7.88. The second-order valence-electron chi connectivity index (χ2n) is 6.87. The third-order valence-corrected chi connectivity index (χ3v) is 5.96. The highest BCUT2D eigenvalue weighted by Gasteiger charge is 2.45. The Morgan fingerprint density at radius 1 is 1.33 bits per heavy atom. The number of nitrogen functional groups attached to an aromatic ring is 1. The van der Waals surface area contributed by atoms with E-state index in [1.165, 1.54) is 6.07 Å². The van der Waals surface area contributed by atoms with Crippen LogP contribution in [0.4, 0.5) is 5.69 Å². The maximum atomic E-state index is 12.2. The highest BCUT2D eigenvalue weighted by Crippen LogP contribution is 2.22. The second-order valence-corrected chi connectivity index (χ2v) is 8.47. The van der Waals surface area contributed by atoms with Gasteiger partial charge in [0.25, 0.3) is 16.0 Å². The number of anilines is 1. The summed E-state index contributed by atoms with van der Waals surface area (Å²) in [4.78, 5) is 48.9. The van der Waals surface area contributed by atoms with Crippen LogP contribution >= 0.6 is 0 Å². The van der Waals surface area contributed by atoms with Crippen LogP contribution in [0.25, 0.3) is 11.0 Å². The predicted molar refractivity (Wildman–Crippen MR) is 105 cm³/mol. The number of likely N-dealkylation sites (tertiary alicyclic amines) is 1. The molecule has 160 valence electrons. The molecule has 0 saturated carbocycles. The number of hydrogen-bond acceptors (Lipinski definition) is 8. The van der Waals surface area contributed by atoms with Crippen LogP contribution in [-0.4, -0.2) is 53.9 Å². The van der Waals surface area contributed by atoms with Gasteiger partial charge in [0, 0.05) is 30.2 Å². The van der Waals surface area contributed by atoms with Crippen LogP contribution in [-0.2, 0) is 30.9 Å². The fourth-order valence-corrected chi connectivity index (χ4v) is 4.00. The van der Waals surface area contributed by atoms with Crippen LogP contribution < -0.4 is 16.7 Å². The van der Waals surface area contributed by atoms with Gasteiger partial charge in [-0.15, -0.1) is 0 Å². The molecule has 0 bridgehead atoms. The van der Waals surface area contributed by atoms with E-state index in [0.29, 0.717) is 27.1 Å². The van der Waals surface area contributed by atoms with Crippen LogP contribution in [0.2, 0.25) is 0 Å². The Balaban J connectivity index is 1.65. The van der Waals surface area contributed by atoms with Crippen LogP contribution in [0, 0.1) is 6.92 Å². The number of amides is 3. The molecule has 0 aliphatic carbocycles. The number of carbonyl (C=O) groups is 3. The Labute approximate surface area is 170 Å². The smallest absolute Gasteiger partial charge is 0.340 e. The van der Waals surface area contributed by atoms with E-state index >= 15 is 0 Å². The first-order valence-electron chi connectivity index (χ1n) is 8.88. The summed E-state index contributed by atoms with van der Waals surface area (Å²) < 4.78 is 36.5. The average molecular weight is 437 g/mol. The first-order chi connectivity index (χ1) is 14.0. The van der Waals surface area contributed by atoms with Crippen LogP contribution in [0.1, 0.15) is 17.5 Å². The van der Waals surface area contributed by atoms with Gasteiger partial charge in [-0.25, -0.2) is 4.79 Å². The molecule has 1 unspecified atom stereocenters. The molecule has 1 aliphatic rings. The van der Waals surface area contributed by atoms with Crippen molar-refractivity contribution in [1.29, 1.82) is 0 Å². The molecule has 1 fully saturated rings. The Kier molecular flexibility index (Phi) is 5.63. The zero-order chi connectivity index (χ0) is 22.2. The minimum absolute atomic E-state index is 0.150. The van der Waals surface area contributed by atoms with E-state index in [9.17, 15) is 27.6 Å². The zero-order valence-electron chi connectivity index (χ0n) is 15.9. The molecule has 3 rings (SSSR count). The van der Waals surface area contributed by atoms with Gasteiger partial charge in [-0.05, 0) is 24.6 Å².